The van der Waals surface area contributed by atoms with Crippen LogP contribution < -0.4 is 15.8 Å². The summed E-state index contributed by atoms with van der Waals surface area (Å²) in [5, 5.41) is 3.41. The molecule has 3 N–H and O–H groups in total. The number of nitrogens with zero attached hydrogens (tertiary/aromatic N) is 1. The number of hydrogen-bond acceptors (Lipinski definition) is 4. The van der Waals surface area contributed by atoms with Crippen LogP contribution in [-0.4, -0.2) is 37.7 Å². The van der Waals surface area contributed by atoms with Gasteiger partial charge in [0.25, 0.3) is 0 Å². The number of hydrogen-bond donors (Lipinski definition) is 2. The Morgan fingerprint density at radius 3 is 2.58 bits per heavy atom. The van der Waals surface area contributed by atoms with Gasteiger partial charge in [0.2, 0.25) is 0 Å². The van der Waals surface area contributed by atoms with Gasteiger partial charge in [-0.05, 0) is 45.1 Å². The Morgan fingerprint density at radius 2 is 1.95 bits per heavy atom. The van der Waals surface area contributed by atoms with Crippen molar-refractivity contribution in [3.8, 4) is 5.75 Å². The minimum atomic E-state index is 0.635. The Kier molecular flexibility index (Phi) is 7.11. The molecule has 1 aromatic carbocycles. The van der Waals surface area contributed by atoms with Gasteiger partial charge in [0.15, 0.2) is 0 Å². The van der Waals surface area contributed by atoms with E-state index in [4.69, 9.17) is 10.5 Å². The maximum Gasteiger partial charge on any atom is 0.144 e. The second kappa shape index (κ2) is 8.64. The number of ether oxygens (including phenoxy) is 1. The van der Waals surface area contributed by atoms with Gasteiger partial charge in [-0.3, -0.25) is 0 Å². The maximum atomic E-state index is 5.85. The molecule has 0 heterocycles. The van der Waals surface area contributed by atoms with Gasteiger partial charge < -0.3 is 20.7 Å². The summed E-state index contributed by atoms with van der Waals surface area (Å²) in [6, 6.07) is 5.85. The van der Waals surface area contributed by atoms with E-state index in [1.807, 2.05) is 25.1 Å². The normalized spacial score (nSPS) is 10.7. The fraction of sp³-hybridized carbons (Fsp3) is 0.600. The molecule has 4 heteroatoms. The lowest BCUT2D eigenvalue weighted by Gasteiger charge is -2.18. The van der Waals surface area contributed by atoms with Crippen LogP contribution in [0.4, 0.5) is 11.4 Å². The number of nitrogens with one attached hydrogen (secondary N) is 1. The number of benzene rings is 1. The van der Waals surface area contributed by atoms with Crippen molar-refractivity contribution in [2.24, 2.45) is 0 Å². The van der Waals surface area contributed by atoms with E-state index in [0.717, 1.165) is 44.0 Å². The second-order valence-corrected chi connectivity index (χ2v) is 4.49. The number of anilines is 2. The monoisotopic (exact) mass is 265 g/mol. The van der Waals surface area contributed by atoms with Gasteiger partial charge in [0, 0.05) is 18.3 Å². The summed E-state index contributed by atoms with van der Waals surface area (Å²) in [5.74, 6) is 0.760. The van der Waals surface area contributed by atoms with Crippen molar-refractivity contribution in [3.63, 3.8) is 0 Å². The molecule has 0 fully saturated rings. The lowest BCUT2D eigenvalue weighted by Crippen LogP contribution is -2.25. The summed E-state index contributed by atoms with van der Waals surface area (Å²) < 4.78 is 5.48. The van der Waals surface area contributed by atoms with Gasteiger partial charge in [0.05, 0.1) is 12.3 Å². The summed E-state index contributed by atoms with van der Waals surface area (Å²) in [6.07, 6.45) is 1.13. The smallest absolute Gasteiger partial charge is 0.144 e. The summed E-state index contributed by atoms with van der Waals surface area (Å²) in [5.41, 5.74) is 7.60. The molecular weight excluding hydrogens is 238 g/mol. The molecular formula is C15H27N3O. The van der Waals surface area contributed by atoms with Gasteiger partial charge in [-0.15, -0.1) is 0 Å². The number of nitrogen functional groups attached to an aromatic ring is 1. The van der Waals surface area contributed by atoms with Crippen LogP contribution >= 0.6 is 0 Å². The largest absolute Gasteiger partial charge is 0.492 e. The molecule has 0 amide bonds. The van der Waals surface area contributed by atoms with E-state index in [1.54, 1.807) is 0 Å². The standard InChI is InChI=1S/C15H27N3O/c1-4-18(5-2)11-7-10-17-13-8-9-14(16)15(12-13)19-6-3/h8-9,12,17H,4-7,10-11,16H2,1-3H3. The third kappa shape index (κ3) is 5.39. The molecule has 1 aromatic rings. The van der Waals surface area contributed by atoms with Gasteiger partial charge in [0.1, 0.15) is 5.75 Å². The Bertz CT molecular complexity index is 364. The summed E-state index contributed by atoms with van der Waals surface area (Å²) in [7, 11) is 0. The third-order valence-electron chi connectivity index (χ3n) is 3.19. The van der Waals surface area contributed by atoms with E-state index in [9.17, 15) is 0 Å². The maximum absolute atomic E-state index is 5.85. The zero-order chi connectivity index (χ0) is 14.1. The van der Waals surface area contributed by atoms with Crippen LogP contribution in [0, 0.1) is 0 Å². The second-order valence-electron chi connectivity index (χ2n) is 4.49. The first-order chi connectivity index (χ1) is 9.21. The minimum Gasteiger partial charge on any atom is -0.492 e. The van der Waals surface area contributed by atoms with E-state index in [0.29, 0.717) is 12.3 Å². The highest BCUT2D eigenvalue weighted by molar-refractivity contribution is 5.61. The van der Waals surface area contributed by atoms with Gasteiger partial charge >= 0.3 is 0 Å². The van der Waals surface area contributed by atoms with E-state index >= 15 is 0 Å². The first-order valence-corrected chi connectivity index (χ1v) is 7.19. The number of rotatable bonds is 9. The quantitative estimate of drug-likeness (QED) is 0.532. The van der Waals surface area contributed by atoms with Crippen molar-refractivity contribution in [2.45, 2.75) is 27.2 Å². The highest BCUT2D eigenvalue weighted by Gasteiger charge is 2.02. The van der Waals surface area contributed by atoms with Crippen molar-refractivity contribution in [1.82, 2.24) is 4.90 Å². The first kappa shape index (κ1) is 15.6. The fourth-order valence-electron chi connectivity index (χ4n) is 2.00. The van der Waals surface area contributed by atoms with Crippen LogP contribution in [0.2, 0.25) is 0 Å². The third-order valence-corrected chi connectivity index (χ3v) is 3.19. The van der Waals surface area contributed by atoms with Crippen molar-refractivity contribution in [1.29, 1.82) is 0 Å². The average molecular weight is 265 g/mol. The highest BCUT2D eigenvalue weighted by atomic mass is 16.5. The van der Waals surface area contributed by atoms with E-state index in [1.165, 1.54) is 0 Å². The molecule has 0 bridgehead atoms. The van der Waals surface area contributed by atoms with E-state index < -0.39 is 0 Å². The van der Waals surface area contributed by atoms with Crippen LogP contribution in [0.5, 0.6) is 5.75 Å². The molecule has 108 valence electrons. The van der Waals surface area contributed by atoms with Crippen molar-refractivity contribution >= 4 is 11.4 Å². The molecule has 0 aromatic heterocycles. The van der Waals surface area contributed by atoms with Crippen LogP contribution in [0.15, 0.2) is 18.2 Å². The van der Waals surface area contributed by atoms with Crippen molar-refractivity contribution < 1.29 is 4.74 Å². The average Bonchev–Trinajstić information content (AvgIpc) is 2.42. The van der Waals surface area contributed by atoms with Crippen LogP contribution in [-0.2, 0) is 0 Å². The topological polar surface area (TPSA) is 50.5 Å². The lowest BCUT2D eigenvalue weighted by molar-refractivity contribution is 0.303. The molecule has 1 rings (SSSR count). The predicted molar refractivity (Wildman–Crippen MR) is 82.9 cm³/mol. The zero-order valence-corrected chi connectivity index (χ0v) is 12.4. The molecule has 0 aliphatic carbocycles. The summed E-state index contributed by atoms with van der Waals surface area (Å²) >= 11 is 0. The molecule has 0 spiro atoms. The molecule has 4 nitrogen and oxygen atoms in total. The predicted octanol–water partition coefficient (Wildman–Crippen LogP) is 2.81. The molecule has 0 saturated heterocycles. The van der Waals surface area contributed by atoms with Crippen LogP contribution in [0.3, 0.4) is 0 Å². The molecule has 0 aliphatic rings. The van der Waals surface area contributed by atoms with Gasteiger partial charge in [-0.1, -0.05) is 13.8 Å². The first-order valence-electron chi connectivity index (χ1n) is 7.19. The van der Waals surface area contributed by atoms with Crippen LogP contribution in [0.25, 0.3) is 0 Å². The molecule has 0 saturated carbocycles. The Balaban J connectivity index is 2.39. The van der Waals surface area contributed by atoms with Crippen molar-refractivity contribution in [3.05, 3.63) is 18.2 Å². The van der Waals surface area contributed by atoms with Crippen LogP contribution in [0.1, 0.15) is 27.2 Å². The molecule has 19 heavy (non-hydrogen) atoms. The Hall–Kier alpha value is -1.42. The lowest BCUT2D eigenvalue weighted by atomic mass is 10.2. The summed E-state index contributed by atoms with van der Waals surface area (Å²) in [6.45, 7) is 11.3. The molecule has 0 atom stereocenters. The number of nitrogens with two attached hydrogens (primary N) is 1. The summed E-state index contributed by atoms with van der Waals surface area (Å²) in [4.78, 5) is 2.43. The molecule has 0 aliphatic heterocycles. The van der Waals surface area contributed by atoms with E-state index in [-0.39, 0.29) is 0 Å². The molecule has 0 radical (unpaired) electrons. The zero-order valence-electron chi connectivity index (χ0n) is 12.4. The Morgan fingerprint density at radius 1 is 1.21 bits per heavy atom. The molecule has 0 unspecified atom stereocenters. The minimum absolute atomic E-state index is 0.635. The Labute approximate surface area is 116 Å². The van der Waals surface area contributed by atoms with E-state index in [2.05, 4.69) is 24.1 Å². The SMILES string of the molecule is CCOc1cc(NCCCN(CC)CC)ccc1N. The fourth-order valence-corrected chi connectivity index (χ4v) is 2.00. The van der Waals surface area contributed by atoms with Gasteiger partial charge in [-0.2, -0.15) is 0 Å². The van der Waals surface area contributed by atoms with Gasteiger partial charge in [-0.25, -0.2) is 0 Å². The highest BCUT2D eigenvalue weighted by Crippen LogP contribution is 2.25. The van der Waals surface area contributed by atoms with Crippen molar-refractivity contribution in [2.75, 3.05) is 43.8 Å².